The Kier molecular flexibility index (Phi) is 6.73. The van der Waals surface area contributed by atoms with Crippen molar-refractivity contribution in [2.24, 2.45) is 5.92 Å². The Hall–Kier alpha value is -2.72. The Balaban J connectivity index is 1.17. The molecule has 2 atom stereocenters. The second kappa shape index (κ2) is 10.0. The quantitative estimate of drug-likeness (QED) is 0.411. The summed E-state index contributed by atoms with van der Waals surface area (Å²) in [5, 5.41) is 14.6. The number of fused-ring (bicyclic) bond motifs is 2. The molecule has 1 saturated heterocycles. The Morgan fingerprint density at radius 3 is 2.97 bits per heavy atom. The summed E-state index contributed by atoms with van der Waals surface area (Å²) in [7, 11) is 1.59. The minimum absolute atomic E-state index is 0.526. The molecule has 1 fully saturated rings. The van der Waals surface area contributed by atoms with Crippen LogP contribution in [0.2, 0.25) is 0 Å². The molecule has 4 aromatic rings. The second-order valence-corrected chi connectivity index (χ2v) is 9.15. The van der Waals surface area contributed by atoms with E-state index in [2.05, 4.69) is 41.1 Å². The van der Waals surface area contributed by atoms with Gasteiger partial charge in [0, 0.05) is 37.5 Å². The van der Waals surface area contributed by atoms with Crippen LogP contribution in [0.25, 0.3) is 22.1 Å². The van der Waals surface area contributed by atoms with Crippen molar-refractivity contribution in [3.05, 3.63) is 53.7 Å². The molecule has 0 amide bonds. The van der Waals surface area contributed by atoms with Crippen LogP contribution in [0.15, 0.2) is 42.6 Å². The molecule has 172 valence electrons. The van der Waals surface area contributed by atoms with E-state index in [1.54, 1.807) is 19.4 Å². The van der Waals surface area contributed by atoms with Gasteiger partial charge in [0.2, 0.25) is 5.88 Å². The van der Waals surface area contributed by atoms with E-state index in [4.69, 9.17) is 4.74 Å². The Morgan fingerprint density at radius 1 is 1.18 bits per heavy atom. The number of hydrogen-bond donors (Lipinski definition) is 2. The fourth-order valence-electron chi connectivity index (χ4n) is 4.59. The molecule has 2 N–H and O–H groups in total. The molecule has 5 rings (SSSR count). The van der Waals surface area contributed by atoms with Crippen LogP contribution in [-0.4, -0.2) is 62.0 Å². The van der Waals surface area contributed by atoms with Gasteiger partial charge in [-0.05, 0) is 61.7 Å². The fraction of sp³-hybridized carbons (Fsp3) is 0.417. The third-order valence-electron chi connectivity index (χ3n) is 6.27. The van der Waals surface area contributed by atoms with Crippen molar-refractivity contribution in [2.75, 3.05) is 33.3 Å². The van der Waals surface area contributed by atoms with Crippen LogP contribution in [0.5, 0.6) is 5.88 Å². The molecule has 0 saturated carbocycles. The standard InChI is InChI=1S/C24H28N6O2S/c1-32-23-7-6-20-24(27-23)18(8-9-26-20)22(31)15-30-10-2-3-17(14-30)13-25-12-16-4-5-19-21(11-16)29-33-28-19/h4-9,11,17,22,25,31H,2-3,10,12-15H2,1H3. The monoisotopic (exact) mass is 464 g/mol. The van der Waals surface area contributed by atoms with Crippen molar-refractivity contribution < 1.29 is 9.84 Å². The number of methoxy groups -OCH3 is 1. The molecule has 9 heteroatoms. The van der Waals surface area contributed by atoms with Crippen LogP contribution in [-0.2, 0) is 6.54 Å². The third kappa shape index (κ3) is 5.11. The summed E-state index contributed by atoms with van der Waals surface area (Å²) in [5.41, 5.74) is 5.41. The summed E-state index contributed by atoms with van der Waals surface area (Å²) in [6.07, 6.45) is 3.45. The van der Waals surface area contributed by atoms with Gasteiger partial charge in [0.05, 0.1) is 36.0 Å². The van der Waals surface area contributed by atoms with E-state index in [0.29, 0.717) is 23.9 Å². The summed E-state index contributed by atoms with van der Waals surface area (Å²) in [5.74, 6) is 1.08. The van der Waals surface area contributed by atoms with Crippen LogP contribution in [0, 0.1) is 5.92 Å². The SMILES string of the molecule is COc1ccc2nccc(C(O)CN3CCCC(CNCc4ccc5nsnc5c4)C3)c2n1. The number of aliphatic hydroxyl groups is 1. The number of nitrogens with one attached hydrogen (secondary N) is 1. The maximum atomic E-state index is 11.0. The van der Waals surface area contributed by atoms with Crippen molar-refractivity contribution in [1.82, 2.24) is 28.9 Å². The van der Waals surface area contributed by atoms with E-state index in [-0.39, 0.29) is 0 Å². The highest BCUT2D eigenvalue weighted by atomic mass is 32.1. The van der Waals surface area contributed by atoms with E-state index >= 15 is 0 Å². The van der Waals surface area contributed by atoms with Crippen molar-refractivity contribution in [2.45, 2.75) is 25.5 Å². The number of pyridine rings is 2. The lowest BCUT2D eigenvalue weighted by atomic mass is 9.97. The molecule has 33 heavy (non-hydrogen) atoms. The number of likely N-dealkylation sites (tertiary alicyclic amines) is 1. The molecule has 3 aromatic heterocycles. The van der Waals surface area contributed by atoms with Crippen LogP contribution in [0.1, 0.15) is 30.1 Å². The number of nitrogens with zero attached hydrogens (tertiary/aromatic N) is 5. The highest BCUT2D eigenvalue weighted by molar-refractivity contribution is 7.00. The average molecular weight is 465 g/mol. The lowest BCUT2D eigenvalue weighted by Crippen LogP contribution is -2.41. The predicted molar refractivity (Wildman–Crippen MR) is 129 cm³/mol. The zero-order chi connectivity index (χ0) is 22.6. The Labute approximate surface area is 197 Å². The number of rotatable bonds is 8. The lowest BCUT2D eigenvalue weighted by molar-refractivity contribution is 0.0848. The minimum Gasteiger partial charge on any atom is -0.481 e. The van der Waals surface area contributed by atoms with Gasteiger partial charge >= 0.3 is 0 Å². The summed E-state index contributed by atoms with van der Waals surface area (Å²) in [6.45, 7) is 4.33. The average Bonchev–Trinajstić information content (AvgIpc) is 3.31. The normalized spacial score (nSPS) is 18.1. The first-order chi connectivity index (χ1) is 16.2. The highest BCUT2D eigenvalue weighted by Gasteiger charge is 2.23. The smallest absolute Gasteiger partial charge is 0.213 e. The largest absolute Gasteiger partial charge is 0.481 e. The fourth-order valence-corrected chi connectivity index (χ4v) is 5.11. The second-order valence-electron chi connectivity index (χ2n) is 8.62. The van der Waals surface area contributed by atoms with Gasteiger partial charge in [0.15, 0.2) is 0 Å². The van der Waals surface area contributed by atoms with Gasteiger partial charge < -0.3 is 20.1 Å². The molecule has 4 heterocycles. The molecule has 8 nitrogen and oxygen atoms in total. The van der Waals surface area contributed by atoms with Gasteiger partial charge in [-0.25, -0.2) is 4.98 Å². The first kappa shape index (κ1) is 22.1. The number of benzene rings is 1. The van der Waals surface area contributed by atoms with E-state index in [1.165, 1.54) is 23.7 Å². The Bertz CT molecular complexity index is 1230. The van der Waals surface area contributed by atoms with Gasteiger partial charge in [-0.1, -0.05) is 6.07 Å². The van der Waals surface area contributed by atoms with Crippen LogP contribution in [0.3, 0.4) is 0 Å². The Morgan fingerprint density at radius 2 is 2.06 bits per heavy atom. The lowest BCUT2D eigenvalue weighted by Gasteiger charge is -2.34. The van der Waals surface area contributed by atoms with Gasteiger partial charge in [0.1, 0.15) is 11.0 Å². The summed E-state index contributed by atoms with van der Waals surface area (Å²) < 4.78 is 13.9. The molecule has 1 aliphatic rings. The van der Waals surface area contributed by atoms with Crippen LogP contribution in [0.4, 0.5) is 0 Å². The maximum absolute atomic E-state index is 11.0. The number of ether oxygens (including phenoxy) is 1. The molecule has 1 aliphatic heterocycles. The van der Waals surface area contributed by atoms with Gasteiger partial charge in [-0.3, -0.25) is 4.98 Å². The first-order valence-electron chi connectivity index (χ1n) is 11.3. The molecule has 1 aromatic carbocycles. The number of aromatic nitrogens is 4. The van der Waals surface area contributed by atoms with Gasteiger partial charge in [0.25, 0.3) is 0 Å². The van der Waals surface area contributed by atoms with Crippen molar-refractivity contribution in [3.63, 3.8) is 0 Å². The number of hydrogen-bond acceptors (Lipinski definition) is 9. The molecular weight excluding hydrogens is 436 g/mol. The first-order valence-corrected chi connectivity index (χ1v) is 12.0. The molecular formula is C24H28N6O2S. The zero-order valence-corrected chi connectivity index (χ0v) is 19.5. The van der Waals surface area contributed by atoms with E-state index in [9.17, 15) is 5.11 Å². The molecule has 0 bridgehead atoms. The number of piperidine rings is 1. The minimum atomic E-state index is -0.625. The molecule has 0 aliphatic carbocycles. The van der Waals surface area contributed by atoms with E-state index in [1.807, 2.05) is 18.2 Å². The van der Waals surface area contributed by atoms with E-state index < -0.39 is 6.10 Å². The van der Waals surface area contributed by atoms with Crippen molar-refractivity contribution in [3.8, 4) is 5.88 Å². The summed E-state index contributed by atoms with van der Waals surface area (Å²) >= 11 is 1.25. The predicted octanol–water partition coefficient (Wildman–Crippen LogP) is 3.18. The third-order valence-corrected chi connectivity index (χ3v) is 6.83. The molecule has 0 radical (unpaired) electrons. The van der Waals surface area contributed by atoms with Crippen molar-refractivity contribution >= 4 is 33.8 Å². The highest BCUT2D eigenvalue weighted by Crippen LogP contribution is 2.26. The van der Waals surface area contributed by atoms with Gasteiger partial charge in [-0.15, -0.1) is 0 Å². The summed E-state index contributed by atoms with van der Waals surface area (Å²) in [4.78, 5) is 11.3. The number of β-amino-alcohol motifs (C(OH)–C–C–N with tert-alkyl or cyclic N) is 1. The van der Waals surface area contributed by atoms with E-state index in [0.717, 1.165) is 54.7 Å². The van der Waals surface area contributed by atoms with Crippen LogP contribution < -0.4 is 10.1 Å². The van der Waals surface area contributed by atoms with Crippen LogP contribution >= 0.6 is 11.7 Å². The summed E-state index contributed by atoms with van der Waals surface area (Å²) in [6, 6.07) is 11.8. The number of aliphatic hydroxyl groups excluding tert-OH is 1. The molecule has 2 unspecified atom stereocenters. The molecule has 0 spiro atoms. The van der Waals surface area contributed by atoms with Gasteiger partial charge in [-0.2, -0.15) is 8.75 Å². The maximum Gasteiger partial charge on any atom is 0.213 e. The van der Waals surface area contributed by atoms with Crippen molar-refractivity contribution in [1.29, 1.82) is 0 Å². The topological polar surface area (TPSA) is 96.3 Å². The zero-order valence-electron chi connectivity index (χ0n) is 18.6.